The minimum absolute atomic E-state index is 0.196. The van der Waals surface area contributed by atoms with E-state index >= 15 is 0 Å². The highest BCUT2D eigenvalue weighted by atomic mass is 19.4. The van der Waals surface area contributed by atoms with Crippen LogP contribution in [-0.4, -0.2) is 48.9 Å². The molecule has 9 heteroatoms. The lowest BCUT2D eigenvalue weighted by atomic mass is 10.1. The van der Waals surface area contributed by atoms with Crippen LogP contribution in [0.1, 0.15) is 64.4 Å². The molecule has 0 aromatic heterocycles. The molecule has 0 aliphatic carbocycles. The van der Waals surface area contributed by atoms with E-state index in [1.54, 1.807) is 4.90 Å². The molecule has 6 nitrogen and oxygen atoms in total. The van der Waals surface area contributed by atoms with Crippen molar-refractivity contribution < 1.29 is 32.2 Å². The summed E-state index contributed by atoms with van der Waals surface area (Å²) in [5, 5.41) is 2.86. The molecule has 1 aliphatic heterocycles. The van der Waals surface area contributed by atoms with Crippen molar-refractivity contribution in [3.05, 3.63) is 42.0 Å². The summed E-state index contributed by atoms with van der Waals surface area (Å²) in [5.74, 6) is -0.272. The minimum atomic E-state index is -4.75. The van der Waals surface area contributed by atoms with Gasteiger partial charge in [0.2, 0.25) is 11.8 Å². The average molecular weight is 499 g/mol. The van der Waals surface area contributed by atoms with Gasteiger partial charge >= 0.3 is 6.36 Å². The Balaban J connectivity index is 1.91. The van der Waals surface area contributed by atoms with Crippen molar-refractivity contribution in [3.8, 4) is 5.75 Å². The zero-order valence-electron chi connectivity index (χ0n) is 20.8. The van der Waals surface area contributed by atoms with E-state index in [2.05, 4.69) is 36.1 Å². The largest absolute Gasteiger partial charge is 0.573 e. The van der Waals surface area contributed by atoms with Gasteiger partial charge in [-0.05, 0) is 62.1 Å². The van der Waals surface area contributed by atoms with Crippen LogP contribution in [0.15, 0.2) is 36.4 Å². The van der Waals surface area contributed by atoms with Crippen molar-refractivity contribution in [2.24, 2.45) is 5.92 Å². The fraction of sp³-hybridized carbons (Fsp3) is 0.615. The molecule has 2 rings (SSSR count). The van der Waals surface area contributed by atoms with E-state index in [1.165, 1.54) is 31.4 Å². The summed E-state index contributed by atoms with van der Waals surface area (Å²) >= 11 is 0. The van der Waals surface area contributed by atoms with Crippen molar-refractivity contribution in [3.63, 3.8) is 0 Å². The third-order valence-electron chi connectivity index (χ3n) is 6.15. The van der Waals surface area contributed by atoms with Crippen LogP contribution in [0.25, 0.3) is 0 Å². The maximum absolute atomic E-state index is 13.1. The number of allylic oxidation sites excluding steroid dienone is 2. The number of carbonyl (C=O) groups is 2. The van der Waals surface area contributed by atoms with Gasteiger partial charge in [0.15, 0.2) is 0 Å². The number of ether oxygens (including phenoxy) is 2. The Bertz CT molecular complexity index is 827. The first-order chi connectivity index (χ1) is 16.6. The van der Waals surface area contributed by atoms with E-state index in [0.29, 0.717) is 30.9 Å². The zero-order valence-corrected chi connectivity index (χ0v) is 20.8. The number of halogens is 3. The molecule has 0 spiro atoms. The molecule has 196 valence electrons. The van der Waals surface area contributed by atoms with Crippen LogP contribution in [0.2, 0.25) is 0 Å². The summed E-state index contributed by atoms with van der Waals surface area (Å²) in [5.41, 5.74) is 0.681. The Labute approximate surface area is 205 Å². The van der Waals surface area contributed by atoms with Gasteiger partial charge in [-0.2, -0.15) is 0 Å². The minimum Gasteiger partial charge on any atom is -0.406 e. The van der Waals surface area contributed by atoms with Gasteiger partial charge in [-0.15, -0.1) is 13.2 Å². The Hall–Kier alpha value is -2.55. The second kappa shape index (κ2) is 14.1. The maximum Gasteiger partial charge on any atom is 0.573 e. The summed E-state index contributed by atoms with van der Waals surface area (Å²) < 4.78 is 46.4. The first-order valence-electron chi connectivity index (χ1n) is 12.3. The van der Waals surface area contributed by atoms with E-state index in [1.807, 2.05) is 0 Å². The summed E-state index contributed by atoms with van der Waals surface area (Å²) in [6.45, 7) is 5.06. The smallest absolute Gasteiger partial charge is 0.406 e. The van der Waals surface area contributed by atoms with Crippen LogP contribution in [0.4, 0.5) is 13.2 Å². The van der Waals surface area contributed by atoms with E-state index < -0.39 is 18.5 Å². The summed E-state index contributed by atoms with van der Waals surface area (Å²) in [6, 6.07) is 4.81. The number of unbranched alkanes of at least 4 members (excludes halogenated alkanes) is 1. The van der Waals surface area contributed by atoms with Crippen molar-refractivity contribution in [2.45, 2.75) is 83.8 Å². The number of nitrogens with one attached hydrogen (secondary N) is 1. The third-order valence-corrected chi connectivity index (χ3v) is 6.15. The van der Waals surface area contributed by atoms with Gasteiger partial charge in [0.25, 0.3) is 0 Å². The van der Waals surface area contributed by atoms with Gasteiger partial charge in [-0.1, -0.05) is 44.6 Å². The van der Waals surface area contributed by atoms with Gasteiger partial charge < -0.3 is 19.7 Å². The molecule has 2 amide bonds. The molecular weight excluding hydrogens is 461 g/mol. The summed E-state index contributed by atoms with van der Waals surface area (Å²) in [7, 11) is 1.49. The lowest BCUT2D eigenvalue weighted by molar-refractivity contribution is -0.274. The highest BCUT2D eigenvalue weighted by molar-refractivity contribution is 5.89. The molecule has 1 aromatic carbocycles. The number of hydrogen-bond acceptors (Lipinski definition) is 4. The van der Waals surface area contributed by atoms with E-state index in [-0.39, 0.29) is 24.1 Å². The summed E-state index contributed by atoms with van der Waals surface area (Å²) in [6.07, 6.45) is 4.34. The average Bonchev–Trinajstić information content (AvgIpc) is 2.97. The molecule has 1 N–H and O–H groups in total. The SMILES string of the molecule is CCC(C)/C=C/CCCC(OC)C(=O)NC1CCCCN(Cc2ccc(OC(F)(F)F)cc2)C1=O. The van der Waals surface area contributed by atoms with Crippen molar-refractivity contribution in [1.29, 1.82) is 0 Å². The number of carbonyl (C=O) groups excluding carboxylic acids is 2. The Kier molecular flexibility index (Phi) is 11.6. The molecule has 35 heavy (non-hydrogen) atoms. The topological polar surface area (TPSA) is 67.9 Å². The molecule has 1 heterocycles. The standard InChI is InChI=1S/C26H37F3N2O4/c1-4-19(2)10-6-5-7-12-23(34-3)24(32)30-22-11-8-9-17-31(25(22)33)18-20-13-15-21(16-14-20)35-26(27,28)29/h6,10,13-16,19,22-23H,4-5,7-9,11-12,17-18H2,1-3H3,(H,30,32)/b10-6+. The second-order valence-corrected chi connectivity index (χ2v) is 8.98. The monoisotopic (exact) mass is 498 g/mol. The fourth-order valence-corrected chi connectivity index (χ4v) is 3.92. The van der Waals surface area contributed by atoms with Crippen LogP contribution in [0, 0.1) is 5.92 Å². The predicted octanol–water partition coefficient (Wildman–Crippen LogP) is 5.37. The van der Waals surface area contributed by atoms with Crippen LogP contribution in [0.3, 0.4) is 0 Å². The highest BCUT2D eigenvalue weighted by Gasteiger charge is 2.32. The number of alkyl halides is 3. The predicted molar refractivity (Wildman–Crippen MR) is 128 cm³/mol. The van der Waals surface area contributed by atoms with Gasteiger partial charge in [0.1, 0.15) is 17.9 Å². The summed E-state index contributed by atoms with van der Waals surface area (Å²) in [4.78, 5) is 27.6. The van der Waals surface area contributed by atoms with Crippen LogP contribution in [0.5, 0.6) is 5.75 Å². The molecule has 0 bridgehead atoms. The number of hydrogen-bond donors (Lipinski definition) is 1. The van der Waals surface area contributed by atoms with E-state index in [9.17, 15) is 22.8 Å². The molecular formula is C26H37F3N2O4. The number of nitrogens with zero attached hydrogens (tertiary/aromatic N) is 1. The second-order valence-electron chi connectivity index (χ2n) is 8.98. The first-order valence-corrected chi connectivity index (χ1v) is 12.3. The fourth-order valence-electron chi connectivity index (χ4n) is 3.92. The number of likely N-dealkylation sites (tertiary alicyclic amines) is 1. The molecule has 1 aromatic rings. The lowest BCUT2D eigenvalue weighted by Gasteiger charge is -2.26. The molecule has 1 aliphatic rings. The lowest BCUT2D eigenvalue weighted by Crippen LogP contribution is -2.50. The maximum atomic E-state index is 13.1. The third kappa shape index (κ3) is 10.3. The van der Waals surface area contributed by atoms with Crippen LogP contribution in [-0.2, 0) is 20.9 Å². The van der Waals surface area contributed by atoms with Crippen molar-refractivity contribution in [1.82, 2.24) is 10.2 Å². The number of benzene rings is 1. The van der Waals surface area contributed by atoms with Crippen LogP contribution >= 0.6 is 0 Å². The quantitative estimate of drug-likeness (QED) is 0.311. The Morgan fingerprint density at radius 2 is 1.97 bits per heavy atom. The number of methoxy groups -OCH3 is 1. The van der Waals surface area contributed by atoms with Gasteiger partial charge in [0.05, 0.1) is 0 Å². The van der Waals surface area contributed by atoms with Crippen molar-refractivity contribution in [2.75, 3.05) is 13.7 Å². The molecule has 1 saturated heterocycles. The van der Waals surface area contributed by atoms with Gasteiger partial charge in [-0.3, -0.25) is 9.59 Å². The molecule has 0 saturated carbocycles. The molecule has 3 atom stereocenters. The van der Waals surface area contributed by atoms with Gasteiger partial charge in [0, 0.05) is 20.2 Å². The van der Waals surface area contributed by atoms with E-state index in [0.717, 1.165) is 32.1 Å². The normalized spacial score (nSPS) is 18.9. The first kappa shape index (κ1) is 28.7. The molecule has 0 radical (unpaired) electrons. The highest BCUT2D eigenvalue weighted by Crippen LogP contribution is 2.24. The Morgan fingerprint density at radius 1 is 1.26 bits per heavy atom. The zero-order chi connectivity index (χ0) is 25.8. The number of rotatable bonds is 12. The molecule has 3 unspecified atom stereocenters. The Morgan fingerprint density at radius 3 is 2.60 bits per heavy atom. The van der Waals surface area contributed by atoms with Crippen molar-refractivity contribution >= 4 is 11.8 Å². The molecule has 1 fully saturated rings. The van der Waals surface area contributed by atoms with E-state index in [4.69, 9.17) is 4.74 Å². The van der Waals surface area contributed by atoms with Gasteiger partial charge in [-0.25, -0.2) is 0 Å². The number of amides is 2. The van der Waals surface area contributed by atoms with Crippen LogP contribution < -0.4 is 10.1 Å².